The molecule has 0 amide bonds. The van der Waals surface area contributed by atoms with Crippen LogP contribution in [-0.4, -0.2) is 11.2 Å². The van der Waals surface area contributed by atoms with Gasteiger partial charge in [-0.05, 0) is 30.7 Å². The molecule has 0 saturated heterocycles. The van der Waals surface area contributed by atoms with E-state index in [9.17, 15) is 0 Å². The predicted octanol–water partition coefficient (Wildman–Crippen LogP) is 0.774. The first-order valence-electron chi connectivity index (χ1n) is 3.91. The maximum Gasteiger partial charge on any atom is 0.0553 e. The number of rotatable bonds is 2. The van der Waals surface area contributed by atoms with Gasteiger partial charge in [0.05, 0.1) is 6.10 Å². The molecule has 66 valence electrons. The lowest BCUT2D eigenvalue weighted by molar-refractivity contribution is 0.195. The molecule has 0 aliphatic heterocycles. The van der Waals surface area contributed by atoms with E-state index < -0.39 is 0 Å². The molecule has 3 nitrogen and oxygen atoms in total. The Labute approximate surface area is 72.0 Å². The summed E-state index contributed by atoms with van der Waals surface area (Å²) in [6.45, 7) is 1.72. The molecule has 0 aliphatic carbocycles. The van der Waals surface area contributed by atoms with Crippen molar-refractivity contribution in [3.05, 3.63) is 23.8 Å². The van der Waals surface area contributed by atoms with Gasteiger partial charge in [-0.15, -0.1) is 0 Å². The second-order valence-corrected chi connectivity index (χ2v) is 3.01. The molecule has 1 rings (SSSR count). The fourth-order valence-electron chi connectivity index (χ4n) is 1.12. The fourth-order valence-corrected chi connectivity index (χ4v) is 1.12. The van der Waals surface area contributed by atoms with Gasteiger partial charge in [0.25, 0.3) is 0 Å². The van der Waals surface area contributed by atoms with Gasteiger partial charge in [-0.1, -0.05) is 0 Å². The van der Waals surface area contributed by atoms with Crippen molar-refractivity contribution in [2.75, 3.05) is 11.5 Å². The molecule has 1 aromatic rings. The van der Waals surface area contributed by atoms with Gasteiger partial charge < -0.3 is 16.6 Å². The van der Waals surface area contributed by atoms with Gasteiger partial charge in [-0.3, -0.25) is 0 Å². The normalized spacial score (nSPS) is 12.8. The van der Waals surface area contributed by atoms with Crippen LogP contribution in [0.15, 0.2) is 18.2 Å². The molecule has 1 unspecified atom stereocenters. The van der Waals surface area contributed by atoms with E-state index in [-0.39, 0.29) is 6.10 Å². The van der Waals surface area contributed by atoms with Gasteiger partial charge in [0.2, 0.25) is 0 Å². The molecule has 0 fully saturated rings. The van der Waals surface area contributed by atoms with Crippen LogP contribution in [0.1, 0.15) is 12.5 Å². The van der Waals surface area contributed by atoms with Gasteiger partial charge in [0, 0.05) is 17.8 Å². The summed E-state index contributed by atoms with van der Waals surface area (Å²) in [6.07, 6.45) is 0.172. The standard InChI is InChI=1S/C9H14N2O/c1-6(12)4-7-5-8(10)2-3-9(7)11/h2-3,5-6,12H,4,10-11H2,1H3. The Morgan fingerprint density at radius 3 is 2.67 bits per heavy atom. The van der Waals surface area contributed by atoms with Crippen LogP contribution in [0.2, 0.25) is 0 Å². The molecule has 1 atom stereocenters. The van der Waals surface area contributed by atoms with Crippen molar-refractivity contribution in [1.82, 2.24) is 0 Å². The van der Waals surface area contributed by atoms with Crippen LogP contribution >= 0.6 is 0 Å². The average molecular weight is 166 g/mol. The number of hydrogen-bond donors (Lipinski definition) is 3. The van der Waals surface area contributed by atoms with Crippen molar-refractivity contribution < 1.29 is 5.11 Å². The highest BCUT2D eigenvalue weighted by Crippen LogP contribution is 2.16. The third-order valence-corrected chi connectivity index (χ3v) is 1.68. The molecular weight excluding hydrogens is 152 g/mol. The number of nitrogen functional groups attached to an aromatic ring is 2. The number of aliphatic hydroxyl groups is 1. The first-order valence-corrected chi connectivity index (χ1v) is 3.91. The van der Waals surface area contributed by atoms with Crippen molar-refractivity contribution in [3.63, 3.8) is 0 Å². The van der Waals surface area contributed by atoms with Crippen LogP contribution < -0.4 is 11.5 Å². The summed E-state index contributed by atoms with van der Waals surface area (Å²) in [7, 11) is 0. The van der Waals surface area contributed by atoms with Crippen LogP contribution in [0.4, 0.5) is 11.4 Å². The van der Waals surface area contributed by atoms with E-state index in [0.29, 0.717) is 17.8 Å². The van der Waals surface area contributed by atoms with E-state index in [1.54, 1.807) is 25.1 Å². The molecule has 0 aliphatic rings. The predicted molar refractivity (Wildman–Crippen MR) is 50.7 cm³/mol. The van der Waals surface area contributed by atoms with Crippen molar-refractivity contribution in [1.29, 1.82) is 0 Å². The average Bonchev–Trinajstić information content (AvgIpc) is 1.96. The minimum absolute atomic E-state index is 0.380. The third-order valence-electron chi connectivity index (χ3n) is 1.68. The van der Waals surface area contributed by atoms with Gasteiger partial charge in [0.1, 0.15) is 0 Å². The highest BCUT2D eigenvalue weighted by molar-refractivity contribution is 5.55. The summed E-state index contributed by atoms with van der Waals surface area (Å²) in [4.78, 5) is 0. The maximum atomic E-state index is 9.12. The molecule has 12 heavy (non-hydrogen) atoms. The minimum Gasteiger partial charge on any atom is -0.399 e. The second-order valence-electron chi connectivity index (χ2n) is 3.01. The van der Waals surface area contributed by atoms with Crippen LogP contribution in [-0.2, 0) is 6.42 Å². The Kier molecular flexibility index (Phi) is 2.55. The molecule has 0 bridgehead atoms. The van der Waals surface area contributed by atoms with Crippen LogP contribution in [0.25, 0.3) is 0 Å². The lowest BCUT2D eigenvalue weighted by Gasteiger charge is -2.08. The Morgan fingerprint density at radius 1 is 1.42 bits per heavy atom. The Bertz CT molecular complexity index is 271. The Hall–Kier alpha value is -1.22. The summed E-state index contributed by atoms with van der Waals surface area (Å²) in [6, 6.07) is 5.30. The molecule has 0 saturated carbocycles. The van der Waals surface area contributed by atoms with E-state index >= 15 is 0 Å². The molecule has 1 aromatic carbocycles. The lowest BCUT2D eigenvalue weighted by Crippen LogP contribution is -2.07. The van der Waals surface area contributed by atoms with E-state index in [1.165, 1.54) is 0 Å². The van der Waals surface area contributed by atoms with Crippen LogP contribution in [0.5, 0.6) is 0 Å². The second kappa shape index (κ2) is 3.45. The summed E-state index contributed by atoms with van der Waals surface area (Å²) in [5, 5.41) is 9.12. The quantitative estimate of drug-likeness (QED) is 0.568. The molecule has 0 aromatic heterocycles. The summed E-state index contributed by atoms with van der Waals surface area (Å²) in [5.41, 5.74) is 13.5. The molecular formula is C9H14N2O. The summed E-state index contributed by atoms with van der Waals surface area (Å²) < 4.78 is 0. The number of benzene rings is 1. The van der Waals surface area contributed by atoms with E-state index in [2.05, 4.69) is 0 Å². The van der Waals surface area contributed by atoms with Crippen molar-refractivity contribution in [3.8, 4) is 0 Å². The summed E-state index contributed by atoms with van der Waals surface area (Å²) >= 11 is 0. The van der Waals surface area contributed by atoms with E-state index in [1.807, 2.05) is 0 Å². The zero-order chi connectivity index (χ0) is 9.14. The van der Waals surface area contributed by atoms with Gasteiger partial charge >= 0.3 is 0 Å². The van der Waals surface area contributed by atoms with Gasteiger partial charge in [0.15, 0.2) is 0 Å². The monoisotopic (exact) mass is 166 g/mol. The maximum absolute atomic E-state index is 9.12. The highest BCUT2D eigenvalue weighted by atomic mass is 16.3. The largest absolute Gasteiger partial charge is 0.399 e. The first-order chi connectivity index (χ1) is 5.59. The van der Waals surface area contributed by atoms with Gasteiger partial charge in [-0.25, -0.2) is 0 Å². The fraction of sp³-hybridized carbons (Fsp3) is 0.333. The number of hydrogen-bond acceptors (Lipinski definition) is 3. The Balaban J connectivity index is 2.90. The first kappa shape index (κ1) is 8.87. The van der Waals surface area contributed by atoms with E-state index in [0.717, 1.165) is 5.56 Å². The van der Waals surface area contributed by atoms with Crippen LogP contribution in [0, 0.1) is 0 Å². The zero-order valence-corrected chi connectivity index (χ0v) is 7.12. The smallest absolute Gasteiger partial charge is 0.0553 e. The molecule has 0 spiro atoms. The number of anilines is 2. The molecule has 3 heteroatoms. The third kappa shape index (κ3) is 2.13. The van der Waals surface area contributed by atoms with Crippen molar-refractivity contribution in [2.45, 2.75) is 19.4 Å². The SMILES string of the molecule is CC(O)Cc1cc(N)ccc1N. The Morgan fingerprint density at radius 2 is 2.08 bits per heavy atom. The number of aliphatic hydroxyl groups excluding tert-OH is 1. The molecule has 0 heterocycles. The van der Waals surface area contributed by atoms with Crippen molar-refractivity contribution in [2.24, 2.45) is 0 Å². The minimum atomic E-state index is -0.380. The van der Waals surface area contributed by atoms with Gasteiger partial charge in [-0.2, -0.15) is 0 Å². The highest BCUT2D eigenvalue weighted by Gasteiger charge is 2.02. The zero-order valence-electron chi connectivity index (χ0n) is 7.12. The number of nitrogens with two attached hydrogens (primary N) is 2. The van der Waals surface area contributed by atoms with Crippen LogP contribution in [0.3, 0.4) is 0 Å². The lowest BCUT2D eigenvalue weighted by atomic mass is 10.1. The topological polar surface area (TPSA) is 72.3 Å². The molecule has 0 radical (unpaired) electrons. The van der Waals surface area contributed by atoms with E-state index in [4.69, 9.17) is 16.6 Å². The van der Waals surface area contributed by atoms with Crippen molar-refractivity contribution >= 4 is 11.4 Å². The molecule has 5 N–H and O–H groups in total. The summed E-state index contributed by atoms with van der Waals surface area (Å²) in [5.74, 6) is 0.